The number of rotatable bonds is 6. The van der Waals surface area contributed by atoms with Gasteiger partial charge in [-0.2, -0.15) is 0 Å². The quantitative estimate of drug-likeness (QED) is 0.823. The molecule has 2 N–H and O–H groups in total. The van der Waals surface area contributed by atoms with Gasteiger partial charge >= 0.3 is 6.03 Å². The van der Waals surface area contributed by atoms with E-state index in [9.17, 15) is 13.2 Å². The lowest BCUT2D eigenvalue weighted by molar-refractivity contribution is 0.133. The molecular formula is C15H22N2O4S. The minimum atomic E-state index is -2.98. The zero-order valence-corrected chi connectivity index (χ0v) is 13.5. The number of amides is 2. The van der Waals surface area contributed by atoms with Crippen LogP contribution < -0.4 is 10.6 Å². The van der Waals surface area contributed by atoms with Crippen molar-refractivity contribution < 1.29 is 17.9 Å². The molecule has 122 valence electrons. The number of hydrogen-bond donors (Lipinski definition) is 2. The maximum Gasteiger partial charge on any atom is 0.315 e. The third-order valence-electron chi connectivity index (χ3n) is 3.59. The highest BCUT2D eigenvalue weighted by Crippen LogP contribution is 2.12. The molecule has 7 heteroatoms. The molecular weight excluding hydrogens is 304 g/mol. The van der Waals surface area contributed by atoms with Crippen LogP contribution in [0.5, 0.6) is 0 Å². The molecule has 1 aliphatic rings. The van der Waals surface area contributed by atoms with Crippen LogP contribution in [0.3, 0.4) is 0 Å². The minimum Gasteiger partial charge on any atom is -0.377 e. The standard InChI is InChI=1S/C15H22N2O4S/c1-2-21-10-13-6-4-3-5-12(13)9-16-15(18)17-14-7-8-22(19,20)11-14/h3-6,14H,2,7-11H2,1H3,(H2,16,17,18)/t14-/m1/s1. The fraction of sp³-hybridized carbons (Fsp3) is 0.533. The van der Waals surface area contributed by atoms with Crippen LogP contribution in [-0.4, -0.2) is 38.6 Å². The van der Waals surface area contributed by atoms with Crippen LogP contribution in [0.15, 0.2) is 24.3 Å². The van der Waals surface area contributed by atoms with Crippen LogP contribution in [0.2, 0.25) is 0 Å². The van der Waals surface area contributed by atoms with E-state index in [1.807, 2.05) is 31.2 Å². The van der Waals surface area contributed by atoms with Gasteiger partial charge in [-0.3, -0.25) is 0 Å². The molecule has 0 bridgehead atoms. The Morgan fingerprint density at radius 3 is 2.68 bits per heavy atom. The molecule has 6 nitrogen and oxygen atoms in total. The van der Waals surface area contributed by atoms with Crippen molar-refractivity contribution in [3.8, 4) is 0 Å². The molecule has 1 heterocycles. The van der Waals surface area contributed by atoms with Gasteiger partial charge in [-0.1, -0.05) is 24.3 Å². The number of benzene rings is 1. The Morgan fingerprint density at radius 1 is 1.32 bits per heavy atom. The Hall–Kier alpha value is -1.60. The lowest BCUT2D eigenvalue weighted by Crippen LogP contribution is -2.42. The van der Waals surface area contributed by atoms with E-state index >= 15 is 0 Å². The Balaban J connectivity index is 1.84. The van der Waals surface area contributed by atoms with Gasteiger partial charge in [0.15, 0.2) is 9.84 Å². The van der Waals surface area contributed by atoms with Crippen LogP contribution in [0.25, 0.3) is 0 Å². The topological polar surface area (TPSA) is 84.5 Å². The van der Waals surface area contributed by atoms with Gasteiger partial charge in [0, 0.05) is 19.2 Å². The highest BCUT2D eigenvalue weighted by molar-refractivity contribution is 7.91. The molecule has 1 fully saturated rings. The van der Waals surface area contributed by atoms with Gasteiger partial charge in [-0.15, -0.1) is 0 Å². The van der Waals surface area contributed by atoms with E-state index in [1.165, 1.54) is 0 Å². The highest BCUT2D eigenvalue weighted by atomic mass is 32.2. The molecule has 0 radical (unpaired) electrons. The fourth-order valence-corrected chi connectivity index (χ4v) is 4.08. The van der Waals surface area contributed by atoms with Crippen LogP contribution in [0.4, 0.5) is 4.79 Å². The summed E-state index contributed by atoms with van der Waals surface area (Å²) in [5.41, 5.74) is 2.03. The molecule has 1 aliphatic heterocycles. The average Bonchev–Trinajstić information content (AvgIpc) is 2.82. The third kappa shape index (κ3) is 4.99. The summed E-state index contributed by atoms with van der Waals surface area (Å²) in [6, 6.07) is 7.12. The molecule has 0 spiro atoms. The predicted octanol–water partition coefficient (Wildman–Crippen LogP) is 1.21. The number of nitrogens with one attached hydrogen (secondary N) is 2. The molecule has 0 aromatic heterocycles. The molecule has 2 amide bonds. The molecule has 1 saturated heterocycles. The van der Waals surface area contributed by atoms with E-state index in [4.69, 9.17) is 4.74 Å². The van der Waals surface area contributed by atoms with Gasteiger partial charge in [-0.05, 0) is 24.5 Å². The number of urea groups is 1. The highest BCUT2D eigenvalue weighted by Gasteiger charge is 2.28. The SMILES string of the molecule is CCOCc1ccccc1CNC(=O)N[C@@H]1CCS(=O)(=O)C1. The normalized spacial score (nSPS) is 19.8. The Morgan fingerprint density at radius 2 is 2.05 bits per heavy atom. The van der Waals surface area contributed by atoms with E-state index in [0.29, 0.717) is 26.2 Å². The average molecular weight is 326 g/mol. The number of carbonyl (C=O) groups excluding carboxylic acids is 1. The van der Waals surface area contributed by atoms with Gasteiger partial charge < -0.3 is 15.4 Å². The summed E-state index contributed by atoms with van der Waals surface area (Å²) in [6.07, 6.45) is 0.483. The minimum absolute atomic E-state index is 0.0291. The zero-order chi connectivity index (χ0) is 16.0. The number of carbonyl (C=O) groups is 1. The zero-order valence-electron chi connectivity index (χ0n) is 12.7. The van der Waals surface area contributed by atoms with Gasteiger partial charge in [0.2, 0.25) is 0 Å². The summed E-state index contributed by atoms with van der Waals surface area (Å²) in [5.74, 6) is 0.177. The van der Waals surface area contributed by atoms with Crippen molar-refractivity contribution in [3.63, 3.8) is 0 Å². The molecule has 2 rings (SSSR count). The van der Waals surface area contributed by atoms with E-state index in [2.05, 4.69) is 10.6 Å². The first kappa shape index (κ1) is 16.8. The first-order valence-electron chi connectivity index (χ1n) is 7.39. The molecule has 1 atom stereocenters. The summed E-state index contributed by atoms with van der Waals surface area (Å²) in [6.45, 7) is 3.47. The summed E-state index contributed by atoms with van der Waals surface area (Å²) in [7, 11) is -2.98. The molecule has 0 saturated carbocycles. The van der Waals surface area contributed by atoms with Gasteiger partial charge in [0.1, 0.15) is 0 Å². The largest absolute Gasteiger partial charge is 0.377 e. The van der Waals surface area contributed by atoms with E-state index in [1.54, 1.807) is 0 Å². The van der Waals surface area contributed by atoms with E-state index < -0.39 is 9.84 Å². The van der Waals surface area contributed by atoms with Gasteiger partial charge in [-0.25, -0.2) is 13.2 Å². The van der Waals surface area contributed by atoms with Crippen LogP contribution in [-0.2, 0) is 27.7 Å². The summed E-state index contributed by atoms with van der Waals surface area (Å²) in [4.78, 5) is 11.9. The predicted molar refractivity (Wildman–Crippen MR) is 84.2 cm³/mol. The van der Waals surface area contributed by atoms with Gasteiger partial charge in [0.25, 0.3) is 0 Å². The van der Waals surface area contributed by atoms with Crippen LogP contribution in [0.1, 0.15) is 24.5 Å². The number of sulfone groups is 1. The lowest BCUT2D eigenvalue weighted by Gasteiger charge is -2.14. The molecule has 1 aromatic carbocycles. The Labute approximate surface area is 131 Å². The Kier molecular flexibility index (Phi) is 5.79. The fourth-order valence-electron chi connectivity index (χ4n) is 2.40. The first-order chi connectivity index (χ1) is 10.5. The second kappa shape index (κ2) is 7.60. The van der Waals surface area contributed by atoms with Crippen molar-refractivity contribution in [2.24, 2.45) is 0 Å². The first-order valence-corrected chi connectivity index (χ1v) is 9.21. The maximum atomic E-state index is 11.9. The van der Waals surface area contributed by atoms with E-state index in [0.717, 1.165) is 11.1 Å². The molecule has 0 unspecified atom stereocenters. The van der Waals surface area contributed by atoms with Crippen molar-refractivity contribution in [1.29, 1.82) is 0 Å². The Bertz CT molecular complexity index is 616. The number of ether oxygens (including phenoxy) is 1. The maximum absolute atomic E-state index is 11.9. The molecule has 22 heavy (non-hydrogen) atoms. The molecule has 1 aromatic rings. The monoisotopic (exact) mass is 326 g/mol. The second-order valence-electron chi connectivity index (χ2n) is 5.33. The van der Waals surface area contributed by atoms with Crippen molar-refractivity contribution in [1.82, 2.24) is 10.6 Å². The summed E-state index contributed by atoms with van der Waals surface area (Å²) < 4.78 is 28.1. The van der Waals surface area contributed by atoms with Crippen LogP contribution in [0, 0.1) is 0 Å². The lowest BCUT2D eigenvalue weighted by atomic mass is 10.1. The smallest absolute Gasteiger partial charge is 0.315 e. The van der Waals surface area contributed by atoms with Crippen molar-refractivity contribution in [3.05, 3.63) is 35.4 Å². The molecule has 0 aliphatic carbocycles. The third-order valence-corrected chi connectivity index (χ3v) is 5.36. The number of hydrogen-bond acceptors (Lipinski definition) is 4. The second-order valence-corrected chi connectivity index (χ2v) is 7.56. The van der Waals surface area contributed by atoms with Crippen molar-refractivity contribution in [2.75, 3.05) is 18.1 Å². The van der Waals surface area contributed by atoms with E-state index in [-0.39, 0.29) is 23.6 Å². The van der Waals surface area contributed by atoms with Crippen molar-refractivity contribution >= 4 is 15.9 Å². The van der Waals surface area contributed by atoms with Crippen molar-refractivity contribution in [2.45, 2.75) is 32.5 Å². The van der Waals surface area contributed by atoms with Gasteiger partial charge in [0.05, 0.1) is 18.1 Å². The summed E-state index contributed by atoms with van der Waals surface area (Å²) >= 11 is 0. The van der Waals surface area contributed by atoms with Crippen LogP contribution >= 0.6 is 0 Å². The summed E-state index contributed by atoms with van der Waals surface area (Å²) in [5, 5.41) is 5.48.